The number of methoxy groups -OCH3 is 1. The largest absolute Gasteiger partial charge is 0.491 e. The second kappa shape index (κ2) is 11.0. The zero-order valence-corrected chi connectivity index (χ0v) is 23.2. The minimum absolute atomic E-state index is 0.240. The maximum absolute atomic E-state index is 13.6. The number of anilines is 1. The van der Waals surface area contributed by atoms with Crippen molar-refractivity contribution < 1.29 is 9.53 Å². The van der Waals surface area contributed by atoms with Gasteiger partial charge in [-0.05, 0) is 51.8 Å². The van der Waals surface area contributed by atoms with Crippen LogP contribution in [0, 0.1) is 0 Å². The fourth-order valence-electron chi connectivity index (χ4n) is 3.68. The summed E-state index contributed by atoms with van der Waals surface area (Å²) in [5.41, 5.74) is 2.65. The number of carbonyl (C=O) groups is 1. The number of rotatable bonds is 8. The van der Waals surface area contributed by atoms with E-state index in [2.05, 4.69) is 36.3 Å². The van der Waals surface area contributed by atoms with Crippen LogP contribution >= 0.6 is 50.2 Å². The number of thiophene rings is 1. The molecular formula is C24H18BrClN6O3S2. The molecule has 0 aliphatic heterocycles. The number of halogens is 2. The Labute approximate surface area is 232 Å². The van der Waals surface area contributed by atoms with Crippen molar-refractivity contribution in [3.8, 4) is 17.0 Å². The molecule has 0 bridgehead atoms. The standard InChI is InChI=1S/C24H18BrClN6O3S2/c1-35-21-20(16-5-6-18(25)31(23(16)33)12-14-3-2-8-27-9-14)30-32(24(34)17-11-28-13-36-17)22(21)29-10-15-4-7-19(26)37-15/h2-9,11,13,29H,10,12H2,1H3. The number of nitrogens with one attached hydrogen (secondary N) is 1. The Morgan fingerprint density at radius 2 is 2.05 bits per heavy atom. The van der Waals surface area contributed by atoms with Gasteiger partial charge in [-0.25, -0.2) is 0 Å². The van der Waals surface area contributed by atoms with Gasteiger partial charge in [0.25, 0.3) is 11.5 Å². The maximum Gasteiger partial charge on any atom is 0.291 e. The van der Waals surface area contributed by atoms with Crippen molar-refractivity contribution in [2.24, 2.45) is 0 Å². The van der Waals surface area contributed by atoms with Gasteiger partial charge in [-0.15, -0.1) is 22.7 Å². The fraction of sp³-hybridized carbons (Fsp3) is 0.125. The van der Waals surface area contributed by atoms with Crippen LogP contribution in [0.1, 0.15) is 20.1 Å². The first-order valence-corrected chi connectivity index (χ1v) is 13.7. The monoisotopic (exact) mass is 616 g/mol. The number of ether oxygens (including phenoxy) is 1. The smallest absolute Gasteiger partial charge is 0.291 e. The molecule has 37 heavy (non-hydrogen) atoms. The Morgan fingerprint density at radius 1 is 1.19 bits per heavy atom. The van der Waals surface area contributed by atoms with Gasteiger partial charge in [-0.3, -0.25) is 24.1 Å². The predicted octanol–water partition coefficient (Wildman–Crippen LogP) is 5.40. The van der Waals surface area contributed by atoms with Crippen LogP contribution in [0.15, 0.2) is 69.9 Å². The van der Waals surface area contributed by atoms with Crippen molar-refractivity contribution >= 4 is 61.9 Å². The van der Waals surface area contributed by atoms with Crippen LogP contribution in [-0.2, 0) is 13.1 Å². The summed E-state index contributed by atoms with van der Waals surface area (Å²) >= 11 is 12.2. The summed E-state index contributed by atoms with van der Waals surface area (Å²) in [6, 6.07) is 10.8. The molecule has 0 amide bonds. The summed E-state index contributed by atoms with van der Waals surface area (Å²) in [6.07, 6.45) is 4.85. The molecule has 5 aromatic heterocycles. The molecule has 1 N–H and O–H groups in total. The minimum Gasteiger partial charge on any atom is -0.491 e. The van der Waals surface area contributed by atoms with Crippen LogP contribution in [-0.4, -0.2) is 37.3 Å². The third kappa shape index (κ3) is 5.23. The highest BCUT2D eigenvalue weighted by atomic mass is 79.9. The third-order valence-electron chi connectivity index (χ3n) is 5.38. The average molecular weight is 618 g/mol. The second-order valence-corrected chi connectivity index (χ2v) is 11.2. The molecule has 0 unspecified atom stereocenters. The van der Waals surface area contributed by atoms with Crippen molar-refractivity contribution in [1.82, 2.24) is 24.3 Å². The molecule has 0 atom stereocenters. The number of hydrogen-bond acceptors (Lipinski definition) is 9. The van der Waals surface area contributed by atoms with Gasteiger partial charge in [0, 0.05) is 17.3 Å². The Balaban J connectivity index is 1.62. The number of thiazole rings is 1. The molecule has 9 nitrogen and oxygen atoms in total. The molecule has 0 saturated carbocycles. The summed E-state index contributed by atoms with van der Waals surface area (Å²) in [4.78, 5) is 36.5. The van der Waals surface area contributed by atoms with Crippen molar-refractivity contribution in [2.45, 2.75) is 13.1 Å². The number of pyridine rings is 2. The van der Waals surface area contributed by atoms with Crippen molar-refractivity contribution in [3.63, 3.8) is 0 Å². The molecule has 5 aromatic rings. The molecule has 5 heterocycles. The third-order valence-corrected chi connectivity index (χ3v) is 8.06. The molecule has 0 aromatic carbocycles. The number of nitrogens with zero attached hydrogens (tertiary/aromatic N) is 5. The summed E-state index contributed by atoms with van der Waals surface area (Å²) < 4.78 is 9.74. The van der Waals surface area contributed by atoms with E-state index >= 15 is 0 Å². The molecule has 0 spiro atoms. The van der Waals surface area contributed by atoms with E-state index in [1.807, 2.05) is 18.2 Å². The highest BCUT2D eigenvalue weighted by Crippen LogP contribution is 2.37. The van der Waals surface area contributed by atoms with E-state index in [1.165, 1.54) is 40.7 Å². The molecule has 0 fully saturated rings. The lowest BCUT2D eigenvalue weighted by molar-refractivity contribution is 0.0951. The Hall–Kier alpha value is -3.32. The number of carbonyl (C=O) groups excluding carboxylic acids is 1. The van der Waals surface area contributed by atoms with E-state index < -0.39 is 5.91 Å². The molecular weight excluding hydrogens is 600 g/mol. The highest BCUT2D eigenvalue weighted by Gasteiger charge is 2.27. The quantitative estimate of drug-likeness (QED) is 0.233. The van der Waals surface area contributed by atoms with E-state index in [4.69, 9.17) is 16.3 Å². The van der Waals surface area contributed by atoms with Gasteiger partial charge in [0.15, 0.2) is 11.6 Å². The first-order chi connectivity index (χ1) is 18.0. The Morgan fingerprint density at radius 3 is 2.73 bits per heavy atom. The van der Waals surface area contributed by atoms with E-state index in [0.717, 1.165) is 10.4 Å². The molecule has 188 valence electrons. The zero-order chi connectivity index (χ0) is 25.9. The highest BCUT2D eigenvalue weighted by molar-refractivity contribution is 9.10. The minimum atomic E-state index is -0.397. The normalized spacial score (nSPS) is 11.0. The summed E-state index contributed by atoms with van der Waals surface area (Å²) in [7, 11) is 1.47. The van der Waals surface area contributed by atoms with Gasteiger partial charge in [-0.2, -0.15) is 9.78 Å². The maximum atomic E-state index is 13.6. The van der Waals surface area contributed by atoms with Gasteiger partial charge in [0.1, 0.15) is 10.6 Å². The van der Waals surface area contributed by atoms with Crippen LogP contribution < -0.4 is 15.6 Å². The lowest BCUT2D eigenvalue weighted by atomic mass is 10.2. The zero-order valence-electron chi connectivity index (χ0n) is 19.2. The van der Waals surface area contributed by atoms with Crippen LogP contribution in [0.25, 0.3) is 11.3 Å². The van der Waals surface area contributed by atoms with Crippen molar-refractivity contribution in [3.05, 3.63) is 95.1 Å². The second-order valence-electron chi connectivity index (χ2n) is 7.69. The van der Waals surface area contributed by atoms with E-state index in [9.17, 15) is 9.59 Å². The van der Waals surface area contributed by atoms with Crippen LogP contribution in [0.5, 0.6) is 5.75 Å². The molecule has 0 aliphatic rings. The van der Waals surface area contributed by atoms with E-state index in [1.54, 1.807) is 40.7 Å². The van der Waals surface area contributed by atoms with Crippen LogP contribution in [0.3, 0.4) is 0 Å². The molecule has 13 heteroatoms. The SMILES string of the molecule is COc1c(-c2ccc(Br)n(Cc3cccnc3)c2=O)nn(C(=O)c2cncs2)c1NCc1ccc(Cl)s1. The van der Waals surface area contributed by atoms with Crippen LogP contribution in [0.2, 0.25) is 4.34 Å². The van der Waals surface area contributed by atoms with Gasteiger partial charge < -0.3 is 10.1 Å². The first-order valence-electron chi connectivity index (χ1n) is 10.8. The van der Waals surface area contributed by atoms with Gasteiger partial charge in [0.05, 0.1) is 46.4 Å². The topological polar surface area (TPSA) is 104 Å². The van der Waals surface area contributed by atoms with Gasteiger partial charge in [0.2, 0.25) is 0 Å². The molecule has 0 aliphatic carbocycles. The van der Waals surface area contributed by atoms with Gasteiger partial charge in [-0.1, -0.05) is 17.7 Å². The fourth-order valence-corrected chi connectivity index (χ4v) is 5.67. The molecule has 0 saturated heterocycles. The van der Waals surface area contributed by atoms with Crippen molar-refractivity contribution in [1.29, 1.82) is 0 Å². The summed E-state index contributed by atoms with van der Waals surface area (Å²) in [6.45, 7) is 0.675. The van der Waals surface area contributed by atoms with E-state index in [-0.39, 0.29) is 22.6 Å². The van der Waals surface area contributed by atoms with E-state index in [0.29, 0.717) is 32.7 Å². The lowest BCUT2D eigenvalue weighted by Gasteiger charge is -2.11. The summed E-state index contributed by atoms with van der Waals surface area (Å²) in [5.74, 6) is 0.195. The molecule has 0 radical (unpaired) electrons. The predicted molar refractivity (Wildman–Crippen MR) is 148 cm³/mol. The first kappa shape index (κ1) is 25.3. The van der Waals surface area contributed by atoms with Gasteiger partial charge >= 0.3 is 0 Å². The van der Waals surface area contributed by atoms with Crippen LogP contribution in [0.4, 0.5) is 5.82 Å². The average Bonchev–Trinajstić information content (AvgIpc) is 3.66. The Kier molecular flexibility index (Phi) is 7.51. The molecule has 5 rings (SSSR count). The lowest BCUT2D eigenvalue weighted by Crippen LogP contribution is -2.23. The number of aromatic nitrogens is 5. The summed E-state index contributed by atoms with van der Waals surface area (Å²) in [5, 5.41) is 7.80. The number of hydrogen-bond donors (Lipinski definition) is 1. The Bertz CT molecular complexity index is 1620. The van der Waals surface area contributed by atoms with Crippen molar-refractivity contribution in [2.75, 3.05) is 12.4 Å².